The Morgan fingerprint density at radius 2 is 2.17 bits per heavy atom. The van der Waals surface area contributed by atoms with Crippen molar-refractivity contribution < 1.29 is 9.53 Å². The number of ether oxygens (including phenoxy) is 1. The highest BCUT2D eigenvalue weighted by molar-refractivity contribution is 5.68. The van der Waals surface area contributed by atoms with E-state index in [-0.39, 0.29) is 6.09 Å². The monoisotopic (exact) mass is 246 g/mol. The van der Waals surface area contributed by atoms with E-state index in [9.17, 15) is 4.79 Å². The number of nitrogens with one attached hydrogen (secondary N) is 1. The zero-order valence-corrected chi connectivity index (χ0v) is 10.3. The number of benzene rings is 1. The number of likely N-dealkylation sites (tertiary alicyclic amines) is 1. The molecule has 18 heavy (non-hydrogen) atoms. The molecule has 4 nitrogen and oxygen atoms in total. The van der Waals surface area contributed by atoms with Gasteiger partial charge in [0.25, 0.3) is 0 Å². The van der Waals surface area contributed by atoms with Crippen LogP contribution in [-0.4, -0.2) is 36.7 Å². The van der Waals surface area contributed by atoms with Gasteiger partial charge in [-0.25, -0.2) is 4.79 Å². The molecule has 96 valence electrons. The molecule has 0 aromatic heterocycles. The second-order valence-corrected chi connectivity index (χ2v) is 5.01. The summed E-state index contributed by atoms with van der Waals surface area (Å²) in [4.78, 5) is 13.9. The lowest BCUT2D eigenvalue weighted by Crippen LogP contribution is -2.39. The topological polar surface area (TPSA) is 41.6 Å². The Morgan fingerprint density at radius 1 is 1.33 bits per heavy atom. The Morgan fingerprint density at radius 3 is 3.00 bits per heavy atom. The van der Waals surface area contributed by atoms with Gasteiger partial charge in [0, 0.05) is 19.6 Å². The van der Waals surface area contributed by atoms with Crippen molar-refractivity contribution in [2.24, 2.45) is 5.92 Å². The summed E-state index contributed by atoms with van der Waals surface area (Å²) in [5, 5.41) is 3.33. The lowest BCUT2D eigenvalue weighted by Gasteiger charge is -2.22. The van der Waals surface area contributed by atoms with Crippen molar-refractivity contribution in [1.29, 1.82) is 0 Å². The van der Waals surface area contributed by atoms with Gasteiger partial charge in [0.05, 0.1) is 6.04 Å². The molecule has 2 saturated heterocycles. The quantitative estimate of drug-likeness (QED) is 0.862. The van der Waals surface area contributed by atoms with Crippen molar-refractivity contribution in [2.45, 2.75) is 19.1 Å². The van der Waals surface area contributed by atoms with E-state index < -0.39 is 0 Å². The molecule has 4 heteroatoms. The van der Waals surface area contributed by atoms with Gasteiger partial charge in [-0.3, -0.25) is 0 Å². The van der Waals surface area contributed by atoms with Crippen molar-refractivity contribution >= 4 is 6.09 Å². The minimum absolute atomic E-state index is 0.171. The van der Waals surface area contributed by atoms with Gasteiger partial charge in [-0.2, -0.15) is 0 Å². The number of nitrogens with zero attached hydrogens (tertiary/aromatic N) is 1. The average Bonchev–Trinajstić information content (AvgIpc) is 2.99. The van der Waals surface area contributed by atoms with E-state index in [0.29, 0.717) is 18.6 Å². The summed E-state index contributed by atoms with van der Waals surface area (Å²) in [5.74, 6) is 0.620. The normalized spacial score (nSPS) is 26.1. The first-order valence-corrected chi connectivity index (χ1v) is 6.52. The second kappa shape index (κ2) is 4.98. The molecular formula is C14H18N2O2. The smallest absolute Gasteiger partial charge is 0.410 e. The third-order valence-corrected chi connectivity index (χ3v) is 3.88. The number of carbonyl (C=O) groups excluding carboxylic acids is 1. The van der Waals surface area contributed by atoms with E-state index in [4.69, 9.17) is 4.74 Å². The molecule has 0 saturated carbocycles. The van der Waals surface area contributed by atoms with Gasteiger partial charge < -0.3 is 15.0 Å². The number of rotatable bonds is 2. The van der Waals surface area contributed by atoms with Crippen molar-refractivity contribution in [3.63, 3.8) is 0 Å². The van der Waals surface area contributed by atoms with E-state index in [0.717, 1.165) is 31.6 Å². The Balaban J connectivity index is 1.56. The highest BCUT2D eigenvalue weighted by Gasteiger charge is 2.40. The van der Waals surface area contributed by atoms with E-state index >= 15 is 0 Å². The summed E-state index contributed by atoms with van der Waals surface area (Å²) in [6.07, 6.45) is 0.924. The maximum atomic E-state index is 12.0. The standard InChI is InChI=1S/C14H18N2O2/c17-14(18-10-11-4-2-1-3-5-11)16-7-6-12-8-15-9-13(12)16/h1-5,12-13,15H,6-10H2/t12-,13+/m0/s1. The van der Waals surface area contributed by atoms with Crippen LogP contribution in [0.5, 0.6) is 0 Å². The first-order valence-electron chi connectivity index (χ1n) is 6.52. The summed E-state index contributed by atoms with van der Waals surface area (Å²) >= 11 is 0. The Kier molecular flexibility index (Phi) is 3.19. The molecule has 0 aliphatic carbocycles. The van der Waals surface area contributed by atoms with Gasteiger partial charge in [-0.15, -0.1) is 0 Å². The first-order chi connectivity index (χ1) is 8.84. The van der Waals surface area contributed by atoms with Crippen LogP contribution in [0.15, 0.2) is 30.3 Å². The highest BCUT2D eigenvalue weighted by atomic mass is 16.6. The average molecular weight is 246 g/mol. The zero-order valence-electron chi connectivity index (χ0n) is 10.3. The molecule has 0 radical (unpaired) electrons. The number of hydrogen-bond acceptors (Lipinski definition) is 3. The van der Waals surface area contributed by atoms with Gasteiger partial charge in [0.15, 0.2) is 0 Å². The van der Waals surface area contributed by atoms with Gasteiger partial charge in [0.2, 0.25) is 0 Å². The molecule has 2 aliphatic rings. The predicted octanol–water partition coefficient (Wildman–Crippen LogP) is 1.62. The number of hydrogen-bond donors (Lipinski definition) is 1. The molecule has 2 atom stereocenters. The molecule has 0 bridgehead atoms. The van der Waals surface area contributed by atoms with Crippen LogP contribution < -0.4 is 5.32 Å². The lowest BCUT2D eigenvalue weighted by atomic mass is 10.1. The fourth-order valence-corrected chi connectivity index (χ4v) is 2.88. The summed E-state index contributed by atoms with van der Waals surface area (Å²) in [6.45, 7) is 3.14. The predicted molar refractivity (Wildman–Crippen MR) is 68.1 cm³/mol. The Labute approximate surface area is 107 Å². The molecule has 0 spiro atoms. The van der Waals surface area contributed by atoms with E-state index in [1.165, 1.54) is 0 Å². The SMILES string of the molecule is O=C(OCc1ccccc1)N1CC[C@H]2CNC[C@H]21. The minimum Gasteiger partial charge on any atom is -0.445 e. The van der Waals surface area contributed by atoms with Gasteiger partial charge in [-0.05, 0) is 17.9 Å². The molecular weight excluding hydrogens is 228 g/mol. The maximum absolute atomic E-state index is 12.0. The van der Waals surface area contributed by atoms with Gasteiger partial charge in [0.1, 0.15) is 6.61 Å². The summed E-state index contributed by atoms with van der Waals surface area (Å²) in [6, 6.07) is 10.1. The van der Waals surface area contributed by atoms with Crippen LogP contribution in [0.1, 0.15) is 12.0 Å². The zero-order chi connectivity index (χ0) is 12.4. The van der Waals surface area contributed by atoms with Crippen LogP contribution in [0.25, 0.3) is 0 Å². The van der Waals surface area contributed by atoms with Crippen LogP contribution in [0.2, 0.25) is 0 Å². The van der Waals surface area contributed by atoms with Crippen molar-refractivity contribution in [3.8, 4) is 0 Å². The summed E-state index contributed by atoms with van der Waals surface area (Å²) in [5.41, 5.74) is 1.03. The largest absolute Gasteiger partial charge is 0.445 e. The van der Waals surface area contributed by atoms with Crippen molar-refractivity contribution in [2.75, 3.05) is 19.6 Å². The molecule has 2 fully saturated rings. The maximum Gasteiger partial charge on any atom is 0.410 e. The van der Waals surface area contributed by atoms with Gasteiger partial charge >= 0.3 is 6.09 Å². The molecule has 3 rings (SSSR count). The number of fused-ring (bicyclic) bond motifs is 1. The minimum atomic E-state index is -0.171. The van der Waals surface area contributed by atoms with Crippen molar-refractivity contribution in [1.82, 2.24) is 10.2 Å². The highest BCUT2D eigenvalue weighted by Crippen LogP contribution is 2.27. The van der Waals surface area contributed by atoms with Crippen LogP contribution in [0, 0.1) is 5.92 Å². The Hall–Kier alpha value is -1.55. The lowest BCUT2D eigenvalue weighted by molar-refractivity contribution is 0.0922. The van der Waals surface area contributed by atoms with E-state index in [1.807, 2.05) is 35.2 Å². The third kappa shape index (κ3) is 2.20. The molecule has 1 aromatic rings. The van der Waals surface area contributed by atoms with Crippen LogP contribution in [-0.2, 0) is 11.3 Å². The molecule has 2 heterocycles. The second-order valence-electron chi connectivity index (χ2n) is 5.01. The first kappa shape index (κ1) is 11.5. The van der Waals surface area contributed by atoms with Crippen LogP contribution >= 0.6 is 0 Å². The molecule has 2 aliphatic heterocycles. The Bertz CT molecular complexity index is 421. The van der Waals surface area contributed by atoms with E-state index in [1.54, 1.807) is 0 Å². The molecule has 0 unspecified atom stereocenters. The van der Waals surface area contributed by atoms with E-state index in [2.05, 4.69) is 5.32 Å². The summed E-state index contributed by atoms with van der Waals surface area (Å²) < 4.78 is 5.38. The van der Waals surface area contributed by atoms with Crippen LogP contribution in [0.4, 0.5) is 4.79 Å². The molecule has 1 amide bonds. The summed E-state index contributed by atoms with van der Waals surface area (Å²) in [7, 11) is 0. The number of carbonyl (C=O) groups is 1. The third-order valence-electron chi connectivity index (χ3n) is 3.88. The van der Waals surface area contributed by atoms with Crippen molar-refractivity contribution in [3.05, 3.63) is 35.9 Å². The van der Waals surface area contributed by atoms with Gasteiger partial charge in [-0.1, -0.05) is 30.3 Å². The molecule has 1 aromatic carbocycles. The fourth-order valence-electron chi connectivity index (χ4n) is 2.88. The molecule has 1 N–H and O–H groups in total. The van der Waals surface area contributed by atoms with Crippen LogP contribution in [0.3, 0.4) is 0 Å². The number of amides is 1. The fraction of sp³-hybridized carbons (Fsp3) is 0.500.